The van der Waals surface area contributed by atoms with E-state index >= 15 is 0 Å². The molecule has 0 atom stereocenters. The summed E-state index contributed by atoms with van der Waals surface area (Å²) in [6.07, 6.45) is 12.1. The number of rotatable bonds is 10. The molecule has 0 aromatic heterocycles. The number of allylic oxidation sites excluding steroid dienone is 2. The number of fused-ring (bicyclic) bond motifs is 2. The molecule has 0 unspecified atom stereocenters. The summed E-state index contributed by atoms with van der Waals surface area (Å²) in [4.78, 5) is 0. The molecule has 2 aliphatic rings. The highest BCUT2D eigenvalue weighted by Gasteiger charge is 2.40. The van der Waals surface area contributed by atoms with Gasteiger partial charge in [-0.3, -0.25) is 0 Å². The Morgan fingerprint density at radius 1 is 0.558 bits per heavy atom. The molecular weight excluding hydrogens is 516 g/mol. The Balaban J connectivity index is 1.45. The molecule has 0 amide bonds. The van der Waals surface area contributed by atoms with E-state index in [1.54, 1.807) is 11.1 Å². The first-order valence-corrected chi connectivity index (χ1v) is 16.7. The molecule has 6 rings (SSSR count). The Kier molecular flexibility index (Phi) is 8.32. The van der Waals surface area contributed by atoms with Crippen molar-refractivity contribution >= 4 is 12.2 Å². The second-order valence-electron chi connectivity index (χ2n) is 13.6. The average molecular weight is 565 g/mol. The van der Waals surface area contributed by atoms with E-state index in [2.05, 4.69) is 139 Å². The van der Waals surface area contributed by atoms with Crippen LogP contribution in [-0.2, 0) is 12.8 Å². The maximum Gasteiger partial charge on any atom is 0.0134 e. The fourth-order valence-electron chi connectivity index (χ4n) is 7.81. The van der Waals surface area contributed by atoms with Crippen molar-refractivity contribution in [2.75, 3.05) is 0 Å². The first-order valence-electron chi connectivity index (χ1n) is 16.7. The molecule has 0 spiro atoms. The Morgan fingerprint density at radius 2 is 0.977 bits per heavy atom. The smallest absolute Gasteiger partial charge is 0.0134 e. The van der Waals surface area contributed by atoms with E-state index in [4.69, 9.17) is 0 Å². The maximum atomic E-state index is 2.61. The van der Waals surface area contributed by atoms with Crippen molar-refractivity contribution in [2.45, 2.75) is 91.9 Å². The van der Waals surface area contributed by atoms with Gasteiger partial charge < -0.3 is 0 Å². The van der Waals surface area contributed by atoms with Gasteiger partial charge in [-0.2, -0.15) is 0 Å². The molecule has 0 heterocycles. The van der Waals surface area contributed by atoms with Crippen LogP contribution in [0.25, 0.3) is 34.4 Å². The van der Waals surface area contributed by atoms with Crippen LogP contribution in [0, 0.1) is 5.41 Å². The molecule has 0 saturated heterocycles. The predicted octanol–water partition coefficient (Wildman–Crippen LogP) is 12.4. The Labute approximate surface area is 260 Å². The largest absolute Gasteiger partial charge is 0.0653 e. The predicted molar refractivity (Wildman–Crippen MR) is 188 cm³/mol. The molecule has 0 heteroatoms. The van der Waals surface area contributed by atoms with E-state index in [0.717, 1.165) is 12.8 Å². The minimum Gasteiger partial charge on any atom is -0.0653 e. The Hall–Kier alpha value is -3.64. The molecule has 43 heavy (non-hydrogen) atoms. The third-order valence-corrected chi connectivity index (χ3v) is 10.1. The van der Waals surface area contributed by atoms with Crippen LogP contribution in [0.3, 0.4) is 0 Å². The standard InChI is InChI=1S/C43H48/c1-7-21-43(22-8-2,37-25-35-17-11-19-39(41(35)27-37)33-15-9-13-31(23-33)29(3)4)38-26-36-18-12-20-40(42(36)28-38)34-16-10-14-32(24-34)30(5)6/h9-20,23-24,27-30H,7-8,21-22,25-26H2,1-6H3. The van der Waals surface area contributed by atoms with Crippen LogP contribution in [0.15, 0.2) is 96.1 Å². The van der Waals surface area contributed by atoms with Gasteiger partial charge in [-0.15, -0.1) is 0 Å². The Bertz CT molecular complexity index is 1560. The van der Waals surface area contributed by atoms with Crippen molar-refractivity contribution in [1.82, 2.24) is 0 Å². The summed E-state index contributed by atoms with van der Waals surface area (Å²) >= 11 is 0. The van der Waals surface area contributed by atoms with E-state index in [9.17, 15) is 0 Å². The highest BCUT2D eigenvalue weighted by Crippen LogP contribution is 2.53. The first-order chi connectivity index (χ1) is 20.8. The average Bonchev–Trinajstić information content (AvgIpc) is 3.66. The maximum absolute atomic E-state index is 2.61. The summed E-state index contributed by atoms with van der Waals surface area (Å²) in [7, 11) is 0. The van der Waals surface area contributed by atoms with Crippen LogP contribution in [-0.4, -0.2) is 0 Å². The molecule has 0 aliphatic heterocycles. The van der Waals surface area contributed by atoms with Crippen molar-refractivity contribution in [3.8, 4) is 22.3 Å². The van der Waals surface area contributed by atoms with Gasteiger partial charge in [0, 0.05) is 5.41 Å². The second-order valence-corrected chi connectivity index (χ2v) is 13.6. The SMILES string of the molecule is CCCC(CCC)(C1=Cc2c(cccc2-c2cccc(C(C)C)c2)C1)C1=Cc2c(cccc2-c2cccc(C(C)C)c2)C1. The van der Waals surface area contributed by atoms with E-state index in [0.29, 0.717) is 11.8 Å². The summed E-state index contributed by atoms with van der Waals surface area (Å²) in [5, 5.41) is 0. The van der Waals surface area contributed by atoms with Gasteiger partial charge in [0.05, 0.1) is 0 Å². The van der Waals surface area contributed by atoms with E-state index in [-0.39, 0.29) is 5.41 Å². The third-order valence-electron chi connectivity index (χ3n) is 10.1. The van der Waals surface area contributed by atoms with Crippen molar-refractivity contribution < 1.29 is 0 Å². The van der Waals surface area contributed by atoms with Crippen molar-refractivity contribution in [3.63, 3.8) is 0 Å². The molecular formula is C43H48. The molecule has 220 valence electrons. The van der Waals surface area contributed by atoms with E-state index in [1.165, 1.54) is 81.3 Å². The summed E-state index contributed by atoms with van der Waals surface area (Å²) in [5.41, 5.74) is 17.5. The molecule has 0 nitrogen and oxygen atoms in total. The van der Waals surface area contributed by atoms with Gasteiger partial charge in [-0.1, -0.05) is 163 Å². The Morgan fingerprint density at radius 3 is 1.37 bits per heavy atom. The zero-order chi connectivity index (χ0) is 30.1. The van der Waals surface area contributed by atoms with E-state index < -0.39 is 0 Å². The molecule has 0 bridgehead atoms. The topological polar surface area (TPSA) is 0 Å². The minimum absolute atomic E-state index is 0.0929. The van der Waals surface area contributed by atoms with Crippen LogP contribution in [0.5, 0.6) is 0 Å². The molecule has 4 aromatic carbocycles. The summed E-state index contributed by atoms with van der Waals surface area (Å²) in [5.74, 6) is 1.05. The third kappa shape index (κ3) is 5.46. The highest BCUT2D eigenvalue weighted by molar-refractivity contribution is 5.84. The quantitative estimate of drug-likeness (QED) is 0.180. The molecule has 0 N–H and O–H groups in total. The lowest BCUT2D eigenvalue weighted by molar-refractivity contribution is 0.349. The van der Waals surface area contributed by atoms with Crippen LogP contribution in [0.2, 0.25) is 0 Å². The zero-order valence-electron chi connectivity index (χ0n) is 27.1. The highest BCUT2D eigenvalue weighted by atomic mass is 14.4. The van der Waals surface area contributed by atoms with Crippen molar-refractivity contribution in [3.05, 3.63) is 129 Å². The lowest BCUT2D eigenvalue weighted by Gasteiger charge is -2.37. The van der Waals surface area contributed by atoms with Gasteiger partial charge in [0.2, 0.25) is 0 Å². The fourth-order valence-corrected chi connectivity index (χ4v) is 7.81. The number of hydrogen-bond acceptors (Lipinski definition) is 0. The lowest BCUT2D eigenvalue weighted by Crippen LogP contribution is -2.26. The summed E-state index contributed by atoms with van der Waals surface area (Å²) in [6, 6.07) is 32.4. The molecule has 0 saturated carbocycles. The minimum atomic E-state index is 0.0929. The van der Waals surface area contributed by atoms with Gasteiger partial charge in [-0.05, 0) is 93.2 Å². The van der Waals surface area contributed by atoms with Crippen LogP contribution >= 0.6 is 0 Å². The lowest BCUT2D eigenvalue weighted by atomic mass is 9.66. The fraction of sp³-hybridized carbons (Fsp3) is 0.349. The van der Waals surface area contributed by atoms with Crippen molar-refractivity contribution in [2.24, 2.45) is 5.41 Å². The van der Waals surface area contributed by atoms with Crippen LogP contribution < -0.4 is 0 Å². The second kappa shape index (κ2) is 12.2. The number of benzene rings is 4. The molecule has 0 radical (unpaired) electrons. The normalized spacial score (nSPS) is 14.2. The van der Waals surface area contributed by atoms with Gasteiger partial charge >= 0.3 is 0 Å². The molecule has 4 aromatic rings. The molecule has 0 fully saturated rings. The zero-order valence-corrected chi connectivity index (χ0v) is 27.1. The summed E-state index contributed by atoms with van der Waals surface area (Å²) < 4.78 is 0. The van der Waals surface area contributed by atoms with Crippen LogP contribution in [0.1, 0.15) is 112 Å². The van der Waals surface area contributed by atoms with Gasteiger partial charge in [-0.25, -0.2) is 0 Å². The van der Waals surface area contributed by atoms with Gasteiger partial charge in [0.25, 0.3) is 0 Å². The molecule has 2 aliphatic carbocycles. The van der Waals surface area contributed by atoms with E-state index in [1.807, 2.05) is 0 Å². The van der Waals surface area contributed by atoms with Gasteiger partial charge in [0.15, 0.2) is 0 Å². The van der Waals surface area contributed by atoms with Gasteiger partial charge in [0.1, 0.15) is 0 Å². The number of hydrogen-bond donors (Lipinski definition) is 0. The summed E-state index contributed by atoms with van der Waals surface area (Å²) in [6.45, 7) is 13.9. The monoisotopic (exact) mass is 564 g/mol. The van der Waals surface area contributed by atoms with Crippen molar-refractivity contribution in [1.29, 1.82) is 0 Å². The first kappa shape index (κ1) is 29.4. The van der Waals surface area contributed by atoms with Crippen LogP contribution in [0.4, 0.5) is 0 Å².